The Morgan fingerprint density at radius 3 is 2.43 bits per heavy atom. The molecule has 80 valence electrons. The van der Waals surface area contributed by atoms with Crippen LogP contribution in [-0.2, 0) is 14.0 Å². The molecule has 0 unspecified atom stereocenters. The molecule has 0 aromatic heterocycles. The summed E-state index contributed by atoms with van der Waals surface area (Å²) < 4.78 is 10.2. The van der Waals surface area contributed by atoms with Gasteiger partial charge in [0.1, 0.15) is 0 Å². The SMILES string of the molecule is COC(=O)C[C@@H](CC#N)O[Si](C)(C)C. The summed E-state index contributed by atoms with van der Waals surface area (Å²) in [6, 6.07) is 2.01. The molecule has 0 aromatic carbocycles. The van der Waals surface area contributed by atoms with Gasteiger partial charge in [0, 0.05) is 0 Å². The number of carbonyl (C=O) groups excluding carboxylic acids is 1. The second-order valence-corrected chi connectivity index (χ2v) is 8.46. The fourth-order valence-corrected chi connectivity index (χ4v) is 2.19. The Kier molecular flexibility index (Phi) is 5.42. The van der Waals surface area contributed by atoms with E-state index in [1.807, 2.05) is 25.7 Å². The van der Waals surface area contributed by atoms with Crippen LogP contribution in [0.5, 0.6) is 0 Å². The van der Waals surface area contributed by atoms with Crippen LogP contribution in [0.4, 0.5) is 0 Å². The smallest absolute Gasteiger partial charge is 0.308 e. The van der Waals surface area contributed by atoms with Crippen LogP contribution in [0.1, 0.15) is 12.8 Å². The van der Waals surface area contributed by atoms with E-state index in [-0.39, 0.29) is 24.9 Å². The number of nitrogens with zero attached hydrogens (tertiary/aromatic N) is 1. The van der Waals surface area contributed by atoms with E-state index in [9.17, 15) is 4.79 Å². The van der Waals surface area contributed by atoms with Gasteiger partial charge in [-0.2, -0.15) is 5.26 Å². The summed E-state index contributed by atoms with van der Waals surface area (Å²) in [5, 5.41) is 8.55. The number of rotatable bonds is 5. The molecule has 4 nitrogen and oxygen atoms in total. The highest BCUT2D eigenvalue weighted by atomic mass is 28.4. The molecule has 5 heteroatoms. The van der Waals surface area contributed by atoms with Crippen molar-refractivity contribution in [3.05, 3.63) is 0 Å². The lowest BCUT2D eigenvalue weighted by molar-refractivity contribution is -0.142. The van der Waals surface area contributed by atoms with E-state index >= 15 is 0 Å². The maximum Gasteiger partial charge on any atom is 0.308 e. The van der Waals surface area contributed by atoms with Crippen LogP contribution >= 0.6 is 0 Å². The molecule has 0 fully saturated rings. The van der Waals surface area contributed by atoms with Gasteiger partial charge >= 0.3 is 5.97 Å². The lowest BCUT2D eigenvalue weighted by Crippen LogP contribution is -2.33. The molecule has 0 aromatic rings. The standard InChI is InChI=1S/C9H17NO3Si/c1-12-9(11)7-8(5-6-10)13-14(2,3)4/h8H,5,7H2,1-4H3/t8-/m1/s1. The lowest BCUT2D eigenvalue weighted by Gasteiger charge is -2.23. The fourth-order valence-electron chi connectivity index (χ4n) is 1.03. The zero-order chi connectivity index (χ0) is 11.2. The lowest BCUT2D eigenvalue weighted by atomic mass is 10.2. The molecule has 0 spiro atoms. The third-order valence-electron chi connectivity index (χ3n) is 1.46. The Bertz CT molecular complexity index is 229. The average Bonchev–Trinajstić information content (AvgIpc) is 2.01. The predicted molar refractivity (Wildman–Crippen MR) is 55.1 cm³/mol. The highest BCUT2D eigenvalue weighted by Gasteiger charge is 2.23. The Morgan fingerprint density at radius 2 is 2.07 bits per heavy atom. The minimum absolute atomic E-state index is 0.161. The van der Waals surface area contributed by atoms with Crippen LogP contribution in [0.3, 0.4) is 0 Å². The summed E-state index contributed by atoms with van der Waals surface area (Å²) in [5.74, 6) is -0.330. The second-order valence-electron chi connectivity index (χ2n) is 3.99. The molecule has 0 saturated carbocycles. The van der Waals surface area contributed by atoms with Gasteiger partial charge in [0.15, 0.2) is 8.32 Å². The van der Waals surface area contributed by atoms with E-state index < -0.39 is 8.32 Å². The molecule has 0 heterocycles. The molecule has 0 aliphatic carbocycles. The minimum Gasteiger partial charge on any atom is -0.469 e. The van der Waals surface area contributed by atoms with Crippen molar-refractivity contribution in [1.29, 1.82) is 5.26 Å². The van der Waals surface area contributed by atoms with Crippen LogP contribution < -0.4 is 0 Å². The van der Waals surface area contributed by atoms with E-state index in [1.165, 1.54) is 7.11 Å². The van der Waals surface area contributed by atoms with Crippen molar-refractivity contribution in [3.8, 4) is 6.07 Å². The fraction of sp³-hybridized carbons (Fsp3) is 0.778. The summed E-state index contributed by atoms with van der Waals surface area (Å²) in [6.07, 6.45) is 0.0763. The number of esters is 1. The summed E-state index contributed by atoms with van der Waals surface area (Å²) in [6.45, 7) is 6.07. The van der Waals surface area contributed by atoms with Gasteiger partial charge < -0.3 is 9.16 Å². The third kappa shape index (κ3) is 6.63. The van der Waals surface area contributed by atoms with Crippen molar-refractivity contribution in [2.45, 2.75) is 38.6 Å². The number of ether oxygens (including phenoxy) is 1. The van der Waals surface area contributed by atoms with E-state index in [0.717, 1.165) is 0 Å². The summed E-state index contributed by atoms with van der Waals surface area (Å²) in [7, 11) is -0.362. The molecule has 0 rings (SSSR count). The normalized spacial score (nSPS) is 13.1. The zero-order valence-corrected chi connectivity index (χ0v) is 10.2. The summed E-state index contributed by atoms with van der Waals surface area (Å²) >= 11 is 0. The van der Waals surface area contributed by atoms with Gasteiger partial charge in [0.25, 0.3) is 0 Å². The Morgan fingerprint density at radius 1 is 1.50 bits per heavy atom. The molecule has 0 aliphatic heterocycles. The van der Waals surface area contributed by atoms with Gasteiger partial charge in [-0.3, -0.25) is 4.79 Å². The first kappa shape index (κ1) is 13.1. The molecule has 0 aliphatic rings. The largest absolute Gasteiger partial charge is 0.469 e. The zero-order valence-electron chi connectivity index (χ0n) is 9.16. The van der Waals surface area contributed by atoms with Crippen molar-refractivity contribution in [2.75, 3.05) is 7.11 Å². The highest BCUT2D eigenvalue weighted by Crippen LogP contribution is 2.13. The van der Waals surface area contributed by atoms with E-state index in [4.69, 9.17) is 9.69 Å². The van der Waals surface area contributed by atoms with Gasteiger partial charge in [0.2, 0.25) is 0 Å². The van der Waals surface area contributed by atoms with Crippen LogP contribution in [0.25, 0.3) is 0 Å². The molecular formula is C9H17NO3Si. The maximum absolute atomic E-state index is 11.0. The number of nitriles is 1. The summed E-state index contributed by atoms with van der Waals surface area (Å²) in [5.41, 5.74) is 0. The average molecular weight is 215 g/mol. The number of carbonyl (C=O) groups is 1. The Balaban J connectivity index is 4.17. The molecule has 14 heavy (non-hydrogen) atoms. The molecule has 0 bridgehead atoms. The van der Waals surface area contributed by atoms with Gasteiger partial charge in [-0.15, -0.1) is 0 Å². The van der Waals surface area contributed by atoms with Crippen molar-refractivity contribution in [2.24, 2.45) is 0 Å². The number of hydrogen-bond acceptors (Lipinski definition) is 4. The quantitative estimate of drug-likeness (QED) is 0.517. The van der Waals surface area contributed by atoms with Crippen molar-refractivity contribution < 1.29 is 14.0 Å². The van der Waals surface area contributed by atoms with Crippen molar-refractivity contribution in [3.63, 3.8) is 0 Å². The highest BCUT2D eigenvalue weighted by molar-refractivity contribution is 6.69. The first-order valence-electron chi connectivity index (χ1n) is 4.50. The molecule has 1 atom stereocenters. The van der Waals surface area contributed by atoms with Crippen LogP contribution in [-0.4, -0.2) is 27.5 Å². The topological polar surface area (TPSA) is 59.3 Å². The van der Waals surface area contributed by atoms with Crippen molar-refractivity contribution >= 4 is 14.3 Å². The Hall–Kier alpha value is -0.863. The molecule has 0 amide bonds. The van der Waals surface area contributed by atoms with Gasteiger partial charge in [-0.05, 0) is 19.6 Å². The monoisotopic (exact) mass is 215 g/mol. The van der Waals surface area contributed by atoms with Crippen molar-refractivity contribution in [1.82, 2.24) is 0 Å². The molecule has 0 radical (unpaired) electrons. The van der Waals surface area contributed by atoms with Crippen LogP contribution in [0.15, 0.2) is 0 Å². The number of methoxy groups -OCH3 is 1. The van der Waals surface area contributed by atoms with E-state index in [2.05, 4.69) is 4.74 Å². The van der Waals surface area contributed by atoms with Gasteiger partial charge in [-0.1, -0.05) is 0 Å². The van der Waals surface area contributed by atoms with E-state index in [1.54, 1.807) is 0 Å². The van der Waals surface area contributed by atoms with E-state index in [0.29, 0.717) is 0 Å². The summed E-state index contributed by atoms with van der Waals surface area (Å²) in [4.78, 5) is 11.0. The second kappa shape index (κ2) is 5.78. The molecular weight excluding hydrogens is 198 g/mol. The molecule has 0 N–H and O–H groups in total. The van der Waals surface area contributed by atoms with Crippen LogP contribution in [0.2, 0.25) is 19.6 Å². The van der Waals surface area contributed by atoms with Gasteiger partial charge in [0.05, 0.1) is 32.1 Å². The van der Waals surface area contributed by atoms with Gasteiger partial charge in [-0.25, -0.2) is 0 Å². The predicted octanol–water partition coefficient (Wildman–Crippen LogP) is 1.68. The third-order valence-corrected chi connectivity index (χ3v) is 2.50. The van der Waals surface area contributed by atoms with Crippen LogP contribution in [0, 0.1) is 11.3 Å². The first-order valence-corrected chi connectivity index (χ1v) is 7.91. The number of hydrogen-bond donors (Lipinski definition) is 0. The Labute approximate surface area is 85.9 Å². The minimum atomic E-state index is -1.70. The maximum atomic E-state index is 11.0. The molecule has 0 saturated heterocycles. The first-order chi connectivity index (χ1) is 6.39.